The van der Waals surface area contributed by atoms with E-state index in [1.54, 1.807) is 0 Å². The van der Waals surface area contributed by atoms with Crippen molar-refractivity contribution in [3.8, 4) is 0 Å². The molecule has 7 heteroatoms. The summed E-state index contributed by atoms with van der Waals surface area (Å²) >= 11 is 5.48. The zero-order chi connectivity index (χ0) is 12.3. The molecular formula is C9H5ClF3NO2. The van der Waals surface area contributed by atoms with Crippen LogP contribution in [0.5, 0.6) is 0 Å². The Balaban J connectivity index is 2.94. The molecule has 1 aromatic heterocycles. The van der Waals surface area contributed by atoms with Crippen molar-refractivity contribution in [1.29, 1.82) is 0 Å². The first-order valence-corrected chi connectivity index (χ1v) is 4.32. The summed E-state index contributed by atoms with van der Waals surface area (Å²) in [4.78, 5) is 14.0. The van der Waals surface area contributed by atoms with Gasteiger partial charge in [0.15, 0.2) is 0 Å². The summed E-state index contributed by atoms with van der Waals surface area (Å²) < 4.78 is 35.5. The highest BCUT2D eigenvalue weighted by molar-refractivity contribution is 6.30. The van der Waals surface area contributed by atoms with E-state index >= 15 is 0 Å². The van der Waals surface area contributed by atoms with Crippen LogP contribution in [0, 0.1) is 0 Å². The quantitative estimate of drug-likeness (QED) is 0.649. The molecule has 0 saturated carbocycles. The lowest BCUT2D eigenvalue weighted by Crippen LogP contribution is -2.20. The molecule has 0 saturated heterocycles. The van der Waals surface area contributed by atoms with E-state index < -0.39 is 17.7 Å². The van der Waals surface area contributed by atoms with Crippen LogP contribution in [0.25, 0.3) is 5.76 Å². The van der Waals surface area contributed by atoms with Crippen LogP contribution in [0.1, 0.15) is 5.69 Å². The highest BCUT2D eigenvalue weighted by Crippen LogP contribution is 2.19. The van der Waals surface area contributed by atoms with Gasteiger partial charge in [-0.15, -0.1) is 0 Å². The van der Waals surface area contributed by atoms with Crippen LogP contribution in [0.3, 0.4) is 0 Å². The number of halogens is 4. The molecule has 0 aliphatic heterocycles. The third kappa shape index (κ3) is 3.23. The maximum Gasteiger partial charge on any atom is 0.454 e. The molecule has 0 unspecified atom stereocenters. The molecule has 0 aliphatic rings. The van der Waals surface area contributed by atoms with Gasteiger partial charge >= 0.3 is 6.18 Å². The van der Waals surface area contributed by atoms with Gasteiger partial charge in [-0.1, -0.05) is 11.6 Å². The molecule has 0 aromatic carbocycles. The fourth-order valence-electron chi connectivity index (χ4n) is 0.807. The van der Waals surface area contributed by atoms with Crippen LogP contribution in [-0.4, -0.2) is 22.1 Å². The molecule has 16 heavy (non-hydrogen) atoms. The third-order valence-corrected chi connectivity index (χ3v) is 1.76. The topological polar surface area (TPSA) is 50.2 Å². The van der Waals surface area contributed by atoms with Gasteiger partial charge in [0.2, 0.25) is 0 Å². The summed E-state index contributed by atoms with van der Waals surface area (Å²) in [6, 6.07) is 2.52. The number of rotatable bonds is 2. The number of aromatic nitrogens is 1. The second-order valence-corrected chi connectivity index (χ2v) is 3.19. The molecule has 1 aromatic rings. The number of pyridine rings is 1. The number of carbonyl (C=O) groups excluding carboxylic acids is 1. The van der Waals surface area contributed by atoms with E-state index in [9.17, 15) is 23.1 Å². The minimum absolute atomic E-state index is 0.0657. The number of aliphatic hydroxyl groups excluding tert-OH is 1. The van der Waals surface area contributed by atoms with Crippen molar-refractivity contribution < 1.29 is 23.1 Å². The molecule has 0 amide bonds. The van der Waals surface area contributed by atoms with Gasteiger partial charge < -0.3 is 5.11 Å². The maximum absolute atomic E-state index is 11.8. The Morgan fingerprint density at radius 1 is 1.44 bits per heavy atom. The van der Waals surface area contributed by atoms with E-state index in [1.165, 1.54) is 12.1 Å². The Labute approximate surface area is 93.2 Å². The molecule has 1 N–H and O–H groups in total. The molecule has 0 fully saturated rings. The maximum atomic E-state index is 11.8. The van der Waals surface area contributed by atoms with Crippen molar-refractivity contribution >= 4 is 23.1 Å². The first-order chi connectivity index (χ1) is 7.30. The number of hydrogen-bond acceptors (Lipinski definition) is 3. The number of carbonyl (C=O) groups is 1. The van der Waals surface area contributed by atoms with E-state index in [1.807, 2.05) is 0 Å². The Kier molecular flexibility index (Phi) is 3.54. The van der Waals surface area contributed by atoms with Gasteiger partial charge in [-0.25, -0.2) is 0 Å². The molecular weight excluding hydrogens is 247 g/mol. The van der Waals surface area contributed by atoms with Gasteiger partial charge in [-0.2, -0.15) is 13.2 Å². The lowest BCUT2D eigenvalue weighted by molar-refractivity contribution is -0.165. The Hall–Kier alpha value is -1.56. The highest BCUT2D eigenvalue weighted by Gasteiger charge is 2.37. The number of nitrogens with zero attached hydrogens (tertiary/aromatic N) is 1. The summed E-state index contributed by atoms with van der Waals surface area (Å²) in [5.41, 5.74) is -0.165. The fourth-order valence-corrected chi connectivity index (χ4v) is 0.919. The lowest BCUT2D eigenvalue weighted by atomic mass is 10.2. The Morgan fingerprint density at radius 3 is 2.50 bits per heavy atom. The number of ketones is 1. The van der Waals surface area contributed by atoms with Gasteiger partial charge in [-0.3, -0.25) is 9.78 Å². The molecule has 0 radical (unpaired) electrons. The molecule has 3 nitrogen and oxygen atoms in total. The Morgan fingerprint density at radius 2 is 2.06 bits per heavy atom. The van der Waals surface area contributed by atoms with Crippen LogP contribution >= 0.6 is 11.6 Å². The Bertz CT molecular complexity index is 425. The van der Waals surface area contributed by atoms with Crippen molar-refractivity contribution in [2.75, 3.05) is 0 Å². The average Bonchev–Trinajstić information content (AvgIpc) is 2.17. The smallest absolute Gasteiger partial charge is 0.454 e. The van der Waals surface area contributed by atoms with E-state index in [0.717, 1.165) is 6.20 Å². The lowest BCUT2D eigenvalue weighted by Gasteiger charge is -2.02. The van der Waals surface area contributed by atoms with Gasteiger partial charge in [0.05, 0.1) is 5.02 Å². The molecule has 1 rings (SSSR count). The van der Waals surface area contributed by atoms with Crippen molar-refractivity contribution in [1.82, 2.24) is 4.98 Å². The standard InChI is InChI=1S/C9H5ClF3NO2/c10-5-1-2-6(14-4-5)7(15)3-8(16)9(11,12)13/h1-4,15H. The predicted molar refractivity (Wildman–Crippen MR) is 50.9 cm³/mol. The van der Waals surface area contributed by atoms with Crippen molar-refractivity contribution in [2.24, 2.45) is 0 Å². The normalized spacial score (nSPS) is 12.6. The molecule has 0 bridgehead atoms. The van der Waals surface area contributed by atoms with Crippen LogP contribution in [-0.2, 0) is 4.79 Å². The predicted octanol–water partition coefficient (Wildman–Crippen LogP) is 2.77. The summed E-state index contributed by atoms with van der Waals surface area (Å²) in [5, 5.41) is 9.44. The van der Waals surface area contributed by atoms with Crippen molar-refractivity contribution in [3.05, 3.63) is 35.1 Å². The van der Waals surface area contributed by atoms with E-state index in [2.05, 4.69) is 4.98 Å². The summed E-state index contributed by atoms with van der Waals surface area (Å²) in [6.07, 6.45) is -3.81. The second kappa shape index (κ2) is 4.52. The molecule has 0 spiro atoms. The van der Waals surface area contributed by atoms with E-state index in [4.69, 9.17) is 11.6 Å². The van der Waals surface area contributed by atoms with Crippen molar-refractivity contribution in [3.63, 3.8) is 0 Å². The SMILES string of the molecule is O=C(C=C(O)c1ccc(Cl)cn1)C(F)(F)F. The first kappa shape index (κ1) is 12.5. The second-order valence-electron chi connectivity index (χ2n) is 2.75. The van der Waals surface area contributed by atoms with Crippen LogP contribution in [0.15, 0.2) is 24.4 Å². The van der Waals surface area contributed by atoms with E-state index in [0.29, 0.717) is 0 Å². The number of allylic oxidation sites excluding steroid dienone is 1. The van der Waals surface area contributed by atoms with Gasteiger partial charge in [-0.05, 0) is 12.1 Å². The summed E-state index contributed by atoms with van der Waals surface area (Å²) in [5.74, 6) is -3.01. The zero-order valence-electron chi connectivity index (χ0n) is 7.62. The molecule has 0 aliphatic carbocycles. The summed E-state index contributed by atoms with van der Waals surface area (Å²) in [6.45, 7) is 0. The van der Waals surface area contributed by atoms with Gasteiger partial charge in [0.25, 0.3) is 5.78 Å². The zero-order valence-corrected chi connectivity index (χ0v) is 8.38. The summed E-state index contributed by atoms with van der Waals surface area (Å²) in [7, 11) is 0. The van der Waals surface area contributed by atoms with Crippen molar-refractivity contribution in [2.45, 2.75) is 6.18 Å². The fraction of sp³-hybridized carbons (Fsp3) is 0.111. The minimum Gasteiger partial charge on any atom is -0.506 e. The van der Waals surface area contributed by atoms with Crippen LogP contribution in [0.2, 0.25) is 5.02 Å². The average molecular weight is 252 g/mol. The van der Waals surface area contributed by atoms with Crippen LogP contribution in [0.4, 0.5) is 13.2 Å². The molecule has 86 valence electrons. The molecule has 0 atom stereocenters. The van der Waals surface area contributed by atoms with Gasteiger partial charge in [0.1, 0.15) is 11.5 Å². The minimum atomic E-state index is -5.01. The van der Waals surface area contributed by atoms with E-state index in [-0.39, 0.29) is 16.8 Å². The largest absolute Gasteiger partial charge is 0.506 e. The monoisotopic (exact) mass is 251 g/mol. The highest BCUT2D eigenvalue weighted by atomic mass is 35.5. The third-order valence-electron chi connectivity index (χ3n) is 1.54. The molecule has 1 heterocycles. The number of hydrogen-bond donors (Lipinski definition) is 1. The van der Waals surface area contributed by atoms with Gasteiger partial charge in [0, 0.05) is 12.3 Å². The first-order valence-electron chi connectivity index (χ1n) is 3.94. The number of aliphatic hydroxyl groups is 1. The number of alkyl halides is 3. The van der Waals surface area contributed by atoms with Crippen LogP contribution < -0.4 is 0 Å².